The van der Waals surface area contributed by atoms with E-state index in [1.807, 2.05) is 31.3 Å². The summed E-state index contributed by atoms with van der Waals surface area (Å²) in [4.78, 5) is 4.04. The van der Waals surface area contributed by atoms with E-state index in [-0.39, 0.29) is 0 Å². The van der Waals surface area contributed by atoms with Gasteiger partial charge in [-0.15, -0.1) is 17.9 Å². The first kappa shape index (κ1) is 29.3. The summed E-state index contributed by atoms with van der Waals surface area (Å²) in [5.41, 5.74) is 10.1. The number of hydrogen-bond acceptors (Lipinski definition) is 2. The summed E-state index contributed by atoms with van der Waals surface area (Å²) in [5.74, 6) is 0. The van der Waals surface area contributed by atoms with E-state index >= 15 is 0 Å². The molecule has 1 nitrogen and oxygen atoms in total. The summed E-state index contributed by atoms with van der Waals surface area (Å²) in [5, 5.41) is 1.42. The van der Waals surface area contributed by atoms with Gasteiger partial charge in [0.1, 0.15) is 0 Å². The third kappa shape index (κ3) is 7.50. The molecule has 0 atom stereocenters. The lowest BCUT2D eigenvalue weighted by Crippen LogP contribution is -2.19. The van der Waals surface area contributed by atoms with Crippen LogP contribution in [0.5, 0.6) is 0 Å². The summed E-state index contributed by atoms with van der Waals surface area (Å²) in [6, 6.07) is 23.6. The van der Waals surface area contributed by atoms with Crippen LogP contribution in [0.3, 0.4) is 0 Å². The number of allylic oxidation sites excluding steroid dienone is 1. The van der Waals surface area contributed by atoms with Gasteiger partial charge < -0.3 is 0 Å². The van der Waals surface area contributed by atoms with Gasteiger partial charge in [0.15, 0.2) is 0 Å². The number of thiophene rings is 1. The number of rotatable bonds is 11. The van der Waals surface area contributed by atoms with Crippen LogP contribution >= 0.6 is 11.3 Å². The van der Waals surface area contributed by atoms with Gasteiger partial charge in [0.05, 0.1) is 0 Å². The summed E-state index contributed by atoms with van der Waals surface area (Å²) in [7, 11) is 0. The zero-order valence-corrected chi connectivity index (χ0v) is 25.5. The van der Waals surface area contributed by atoms with E-state index in [1.165, 1.54) is 92.7 Å². The average Bonchev–Trinajstić information content (AvgIpc) is 3.61. The van der Waals surface area contributed by atoms with E-state index in [4.69, 9.17) is 0 Å². The molecule has 3 aromatic carbocycles. The minimum absolute atomic E-state index is 0.985. The molecule has 5 rings (SSSR count). The lowest BCUT2D eigenvalue weighted by molar-refractivity contribution is 0.330. The Kier molecular flexibility index (Phi) is 11.0. The van der Waals surface area contributed by atoms with Gasteiger partial charge in [0.2, 0.25) is 0 Å². The van der Waals surface area contributed by atoms with E-state index in [2.05, 4.69) is 86.0 Å². The fourth-order valence-electron chi connectivity index (χ4n) is 5.76. The third-order valence-corrected chi connectivity index (χ3v) is 9.16. The fourth-order valence-corrected chi connectivity index (χ4v) is 7.09. The molecule has 1 saturated heterocycles. The van der Waals surface area contributed by atoms with Gasteiger partial charge in [0.25, 0.3) is 0 Å². The number of unbranched alkanes of at least 4 members (excludes halogenated alkanes) is 2. The van der Waals surface area contributed by atoms with E-state index in [1.54, 1.807) is 0 Å². The Morgan fingerprint density at radius 3 is 2.33 bits per heavy atom. The Bertz CT molecular complexity index is 1340. The Labute approximate surface area is 241 Å². The summed E-state index contributed by atoms with van der Waals surface area (Å²) < 4.78 is 1.40. The largest absolute Gasteiger partial charge is 0.299 e. The smallest absolute Gasteiger partial charge is 0.0390 e. The molecule has 1 aliphatic rings. The maximum atomic E-state index is 3.85. The lowest BCUT2D eigenvalue weighted by Gasteiger charge is -2.18. The number of benzene rings is 3. The quantitative estimate of drug-likeness (QED) is 0.136. The molecule has 2 heteroatoms. The molecule has 2 heterocycles. The topological polar surface area (TPSA) is 3.24 Å². The van der Waals surface area contributed by atoms with Crippen LogP contribution in [0.2, 0.25) is 0 Å². The number of fused-ring (bicyclic) bond motifs is 1. The standard InChI is InChI=1S/C35H41NS.C2H6/c1-4-6-7-8-11-27-13-16-30(17-14-27)35-33(32-19-12-26(3)22-34(32)37-35)24-28-15-18-31(29(5-2)23-28)25-36-20-9-10-21-36;1-2/h4,12-19,22-23H,1,5-11,20-21,24-25H2,2-3H3;1-2H3. The van der Waals surface area contributed by atoms with Crippen LogP contribution in [0.25, 0.3) is 20.5 Å². The Morgan fingerprint density at radius 2 is 1.62 bits per heavy atom. The van der Waals surface area contributed by atoms with Crippen molar-refractivity contribution in [3.05, 3.63) is 107 Å². The normalized spacial score (nSPS) is 13.4. The fraction of sp³-hybridized carbons (Fsp3) is 0.405. The van der Waals surface area contributed by atoms with E-state index in [0.29, 0.717) is 0 Å². The maximum Gasteiger partial charge on any atom is 0.0390 e. The highest BCUT2D eigenvalue weighted by Gasteiger charge is 2.17. The summed E-state index contributed by atoms with van der Waals surface area (Å²) >= 11 is 1.96. The van der Waals surface area contributed by atoms with Gasteiger partial charge in [-0.05, 0) is 122 Å². The Hall–Kier alpha value is -2.68. The third-order valence-electron chi connectivity index (χ3n) is 7.91. The maximum absolute atomic E-state index is 3.85. The van der Waals surface area contributed by atoms with Crippen LogP contribution in [0, 0.1) is 6.92 Å². The molecule has 39 heavy (non-hydrogen) atoms. The molecular weight excluding hydrogens is 490 g/mol. The van der Waals surface area contributed by atoms with Crippen molar-refractivity contribution in [2.45, 2.75) is 85.6 Å². The van der Waals surface area contributed by atoms with E-state index in [0.717, 1.165) is 32.2 Å². The number of likely N-dealkylation sites (tertiary alicyclic amines) is 1. The minimum Gasteiger partial charge on any atom is -0.299 e. The second-order valence-electron chi connectivity index (χ2n) is 10.8. The highest BCUT2D eigenvalue weighted by molar-refractivity contribution is 7.22. The van der Waals surface area contributed by atoms with E-state index < -0.39 is 0 Å². The van der Waals surface area contributed by atoms with Crippen molar-refractivity contribution in [2.75, 3.05) is 13.1 Å². The SMILES string of the molecule is C=CCCCCc1ccc(-c2sc3cc(C)ccc3c2Cc2ccc(CN3CCCC3)c(CC)c2)cc1.CC. The minimum atomic E-state index is 0.985. The molecule has 4 aromatic rings. The molecule has 0 spiro atoms. The molecule has 0 unspecified atom stereocenters. The molecule has 1 aliphatic heterocycles. The molecule has 0 radical (unpaired) electrons. The lowest BCUT2D eigenvalue weighted by atomic mass is 9.94. The van der Waals surface area contributed by atoms with Crippen LogP contribution in [-0.2, 0) is 25.8 Å². The van der Waals surface area contributed by atoms with Crippen LogP contribution in [0.4, 0.5) is 0 Å². The highest BCUT2D eigenvalue weighted by atomic mass is 32.1. The van der Waals surface area contributed by atoms with Crippen molar-refractivity contribution < 1.29 is 0 Å². The van der Waals surface area contributed by atoms with Gasteiger partial charge in [0, 0.05) is 16.1 Å². The Balaban J connectivity index is 0.00000172. The first-order valence-corrected chi connectivity index (χ1v) is 16.0. The first-order chi connectivity index (χ1) is 19.1. The van der Waals surface area contributed by atoms with Crippen molar-refractivity contribution in [1.82, 2.24) is 4.90 Å². The van der Waals surface area contributed by atoms with E-state index in [9.17, 15) is 0 Å². The molecule has 0 aliphatic carbocycles. The highest BCUT2D eigenvalue weighted by Crippen LogP contribution is 2.40. The predicted octanol–water partition coefficient (Wildman–Crippen LogP) is 10.6. The monoisotopic (exact) mass is 537 g/mol. The molecule has 0 amide bonds. The number of hydrogen-bond donors (Lipinski definition) is 0. The molecule has 1 fully saturated rings. The second kappa shape index (κ2) is 14.6. The summed E-state index contributed by atoms with van der Waals surface area (Å²) in [6.07, 6.45) is 11.5. The van der Waals surface area contributed by atoms with Crippen molar-refractivity contribution in [3.63, 3.8) is 0 Å². The van der Waals surface area contributed by atoms with Crippen molar-refractivity contribution in [3.8, 4) is 10.4 Å². The van der Waals surface area contributed by atoms with Gasteiger partial charge in [-0.3, -0.25) is 4.90 Å². The zero-order chi connectivity index (χ0) is 27.6. The van der Waals surface area contributed by atoms with Gasteiger partial charge in [-0.2, -0.15) is 0 Å². The van der Waals surface area contributed by atoms with Crippen molar-refractivity contribution in [2.24, 2.45) is 0 Å². The molecule has 0 bridgehead atoms. The zero-order valence-electron chi connectivity index (χ0n) is 24.7. The second-order valence-corrected chi connectivity index (χ2v) is 11.8. The van der Waals surface area contributed by atoms with Gasteiger partial charge >= 0.3 is 0 Å². The van der Waals surface area contributed by atoms with Crippen LogP contribution in [0.1, 0.15) is 86.3 Å². The molecule has 1 aromatic heterocycles. The first-order valence-electron chi connectivity index (χ1n) is 15.2. The predicted molar refractivity (Wildman–Crippen MR) is 174 cm³/mol. The van der Waals surface area contributed by atoms with Crippen LogP contribution in [-0.4, -0.2) is 18.0 Å². The molecule has 0 N–H and O–H groups in total. The number of aryl methyl sites for hydroxylation is 3. The van der Waals surface area contributed by atoms with Crippen LogP contribution in [0.15, 0.2) is 73.3 Å². The molecule has 206 valence electrons. The average molecular weight is 538 g/mol. The van der Waals surface area contributed by atoms with Crippen molar-refractivity contribution >= 4 is 21.4 Å². The summed E-state index contributed by atoms with van der Waals surface area (Å²) in [6.45, 7) is 16.0. The van der Waals surface area contributed by atoms with Crippen LogP contribution < -0.4 is 0 Å². The Morgan fingerprint density at radius 1 is 0.872 bits per heavy atom. The van der Waals surface area contributed by atoms with Crippen molar-refractivity contribution in [1.29, 1.82) is 0 Å². The number of nitrogens with zero attached hydrogens (tertiary/aromatic N) is 1. The van der Waals surface area contributed by atoms with Gasteiger partial charge in [-0.25, -0.2) is 0 Å². The molecular formula is C37H47NS. The molecule has 0 saturated carbocycles. The van der Waals surface area contributed by atoms with Gasteiger partial charge in [-0.1, -0.05) is 81.4 Å².